The average Bonchev–Trinajstić information content (AvgIpc) is 2.32. The molecular weight excluding hydrogens is 168 g/mol. The van der Waals surface area contributed by atoms with E-state index in [-0.39, 0.29) is 0 Å². The van der Waals surface area contributed by atoms with Crippen molar-refractivity contribution in [1.82, 2.24) is 4.90 Å². The van der Waals surface area contributed by atoms with Crippen LogP contribution in [0.1, 0.15) is 0 Å². The lowest BCUT2D eigenvalue weighted by Gasteiger charge is -2.16. The van der Waals surface area contributed by atoms with Crippen LogP contribution in [0.25, 0.3) is 0 Å². The summed E-state index contributed by atoms with van der Waals surface area (Å²) in [5.74, 6) is 0.238. The Bertz CT molecular complexity index is 176. The highest BCUT2D eigenvalue weighted by Gasteiger charge is 2.32. The Balaban J connectivity index is 2.65. The number of carboxylic acid groups (broad SMARTS) is 1. The van der Waals surface area contributed by atoms with Crippen molar-refractivity contribution in [2.45, 2.75) is 6.04 Å². The Morgan fingerprint density at radius 3 is 2.64 bits per heavy atom. The fourth-order valence-electron chi connectivity index (χ4n) is 0.867. The van der Waals surface area contributed by atoms with E-state index < -0.39 is 18.0 Å². The zero-order valence-electron chi connectivity index (χ0n) is 5.69. The van der Waals surface area contributed by atoms with Crippen LogP contribution < -0.4 is 5.73 Å². The van der Waals surface area contributed by atoms with Crippen molar-refractivity contribution in [2.24, 2.45) is 5.73 Å². The molecule has 0 aliphatic carbocycles. The van der Waals surface area contributed by atoms with Gasteiger partial charge in [-0.25, -0.2) is 4.79 Å². The van der Waals surface area contributed by atoms with Crippen molar-refractivity contribution in [3.05, 3.63) is 0 Å². The molecule has 5 nitrogen and oxygen atoms in total. The third-order valence-corrected chi connectivity index (χ3v) is 2.47. The molecule has 1 heterocycles. The Morgan fingerprint density at radius 1 is 1.64 bits per heavy atom. The summed E-state index contributed by atoms with van der Waals surface area (Å²) < 4.78 is 0. The summed E-state index contributed by atoms with van der Waals surface area (Å²) in [4.78, 5) is 22.1. The van der Waals surface area contributed by atoms with Crippen LogP contribution in [0.5, 0.6) is 0 Å². The smallest absolute Gasteiger partial charge is 0.408 e. The molecule has 1 aliphatic rings. The van der Waals surface area contributed by atoms with Crippen molar-refractivity contribution < 1.29 is 14.7 Å². The van der Waals surface area contributed by atoms with E-state index in [0.717, 1.165) is 4.90 Å². The van der Waals surface area contributed by atoms with Crippen molar-refractivity contribution >= 4 is 23.8 Å². The molecule has 0 aromatic heterocycles. The monoisotopic (exact) mass is 176 g/mol. The molecule has 1 aliphatic heterocycles. The predicted octanol–water partition coefficient (Wildman–Crippen LogP) is -0.475. The van der Waals surface area contributed by atoms with Gasteiger partial charge in [0.15, 0.2) is 0 Å². The molecule has 1 fully saturated rings. The number of hydrogen-bond acceptors (Lipinski definition) is 3. The first-order valence-corrected chi connectivity index (χ1v) is 4.15. The molecule has 0 radical (unpaired) electrons. The Hall–Kier alpha value is -0.910. The van der Waals surface area contributed by atoms with Crippen LogP contribution in [-0.4, -0.2) is 39.7 Å². The largest absolute Gasteiger partial charge is 0.465 e. The molecule has 3 N–H and O–H groups in total. The van der Waals surface area contributed by atoms with Gasteiger partial charge in [-0.05, 0) is 0 Å². The van der Waals surface area contributed by atoms with Gasteiger partial charge >= 0.3 is 6.09 Å². The Kier molecular flexibility index (Phi) is 2.23. The van der Waals surface area contributed by atoms with Gasteiger partial charge in [0, 0.05) is 5.75 Å². The number of nitrogens with zero attached hydrogens (tertiary/aromatic N) is 1. The Labute approximate surface area is 67.5 Å². The summed E-state index contributed by atoms with van der Waals surface area (Å²) in [6.07, 6.45) is -1.08. The standard InChI is InChI=1S/C5H8N2O3S/c6-4(8)3-1-11-2-7(3)5(9)10/h3H,1-2H2,(H2,6,8)(H,9,10)/t3-/m0/s1. The van der Waals surface area contributed by atoms with Gasteiger partial charge in [0.05, 0.1) is 5.88 Å². The number of thioether (sulfide) groups is 1. The van der Waals surface area contributed by atoms with Crippen molar-refractivity contribution in [2.75, 3.05) is 11.6 Å². The quantitative estimate of drug-likeness (QED) is 0.565. The van der Waals surface area contributed by atoms with Gasteiger partial charge in [-0.2, -0.15) is 0 Å². The van der Waals surface area contributed by atoms with Gasteiger partial charge in [0.25, 0.3) is 0 Å². The number of amides is 2. The topological polar surface area (TPSA) is 83.6 Å². The van der Waals surface area contributed by atoms with E-state index in [4.69, 9.17) is 10.8 Å². The summed E-state index contributed by atoms with van der Waals surface area (Å²) in [7, 11) is 0. The predicted molar refractivity (Wildman–Crippen MR) is 40.2 cm³/mol. The fraction of sp³-hybridized carbons (Fsp3) is 0.600. The summed E-state index contributed by atoms with van der Waals surface area (Å²) in [6, 6.07) is -0.641. The van der Waals surface area contributed by atoms with Gasteiger partial charge in [0.1, 0.15) is 6.04 Å². The summed E-state index contributed by atoms with van der Waals surface area (Å²) >= 11 is 1.39. The third-order valence-electron chi connectivity index (χ3n) is 1.46. The lowest BCUT2D eigenvalue weighted by molar-refractivity contribution is -0.121. The van der Waals surface area contributed by atoms with Crippen LogP contribution >= 0.6 is 11.8 Å². The van der Waals surface area contributed by atoms with Gasteiger partial charge in [-0.15, -0.1) is 11.8 Å². The second-order valence-corrected chi connectivity index (χ2v) is 3.17. The third kappa shape index (κ3) is 1.56. The zero-order valence-corrected chi connectivity index (χ0v) is 6.50. The van der Waals surface area contributed by atoms with Crippen molar-refractivity contribution in [3.8, 4) is 0 Å². The van der Waals surface area contributed by atoms with Crippen LogP contribution in [0.3, 0.4) is 0 Å². The molecule has 1 saturated heterocycles. The summed E-state index contributed by atoms with van der Waals surface area (Å²) in [6.45, 7) is 0. The maximum absolute atomic E-state index is 10.6. The molecule has 0 saturated carbocycles. The van der Waals surface area contributed by atoms with Crippen LogP contribution in [0.2, 0.25) is 0 Å². The minimum Gasteiger partial charge on any atom is -0.465 e. The molecule has 0 aromatic rings. The Morgan fingerprint density at radius 2 is 2.27 bits per heavy atom. The SMILES string of the molecule is NC(=O)[C@@H]1CSCN1C(=O)O. The molecule has 0 bridgehead atoms. The van der Waals surface area contributed by atoms with E-state index in [0.29, 0.717) is 11.6 Å². The van der Waals surface area contributed by atoms with Crippen LogP contribution in [-0.2, 0) is 4.79 Å². The summed E-state index contributed by atoms with van der Waals surface area (Å²) in [5.41, 5.74) is 4.97. The maximum Gasteiger partial charge on any atom is 0.408 e. The summed E-state index contributed by atoms with van der Waals surface area (Å²) in [5, 5.41) is 8.54. The van der Waals surface area contributed by atoms with Gasteiger partial charge < -0.3 is 10.8 Å². The van der Waals surface area contributed by atoms with Gasteiger partial charge in [0.2, 0.25) is 5.91 Å². The van der Waals surface area contributed by atoms with Gasteiger partial charge in [-0.1, -0.05) is 0 Å². The van der Waals surface area contributed by atoms with Crippen molar-refractivity contribution in [3.63, 3.8) is 0 Å². The molecule has 1 rings (SSSR count). The van der Waals surface area contributed by atoms with E-state index in [1.54, 1.807) is 0 Å². The number of rotatable bonds is 1. The molecule has 0 aromatic carbocycles. The van der Waals surface area contributed by atoms with Crippen molar-refractivity contribution in [1.29, 1.82) is 0 Å². The molecule has 1 atom stereocenters. The minimum absolute atomic E-state index is 0.336. The molecular formula is C5H8N2O3S. The number of carbonyl (C=O) groups is 2. The normalized spacial score (nSPS) is 23.6. The van der Waals surface area contributed by atoms with E-state index in [9.17, 15) is 9.59 Å². The molecule has 2 amide bonds. The average molecular weight is 176 g/mol. The van der Waals surface area contributed by atoms with Gasteiger partial charge in [-0.3, -0.25) is 9.69 Å². The first-order valence-electron chi connectivity index (χ1n) is 2.99. The molecule has 0 unspecified atom stereocenters. The lowest BCUT2D eigenvalue weighted by atomic mass is 10.3. The molecule has 62 valence electrons. The molecule has 6 heteroatoms. The zero-order chi connectivity index (χ0) is 8.43. The highest BCUT2D eigenvalue weighted by Crippen LogP contribution is 2.19. The van der Waals surface area contributed by atoms with E-state index >= 15 is 0 Å². The molecule has 11 heavy (non-hydrogen) atoms. The second kappa shape index (κ2) is 3.00. The van der Waals surface area contributed by atoms with E-state index in [2.05, 4.69) is 0 Å². The minimum atomic E-state index is -1.08. The first kappa shape index (κ1) is 8.19. The maximum atomic E-state index is 10.6. The van der Waals surface area contributed by atoms with E-state index in [1.807, 2.05) is 0 Å². The fourth-order valence-corrected chi connectivity index (χ4v) is 2.03. The highest BCUT2D eigenvalue weighted by atomic mass is 32.2. The number of hydrogen-bond donors (Lipinski definition) is 2. The number of primary amides is 1. The van der Waals surface area contributed by atoms with Crippen LogP contribution in [0, 0.1) is 0 Å². The van der Waals surface area contributed by atoms with E-state index in [1.165, 1.54) is 11.8 Å². The molecule has 0 spiro atoms. The lowest BCUT2D eigenvalue weighted by Crippen LogP contribution is -2.44. The second-order valence-electron chi connectivity index (χ2n) is 2.17. The van der Waals surface area contributed by atoms with Crippen LogP contribution in [0.4, 0.5) is 4.79 Å². The number of nitrogens with two attached hydrogens (primary N) is 1. The number of carbonyl (C=O) groups excluding carboxylic acids is 1. The van der Waals surface area contributed by atoms with Crippen LogP contribution in [0.15, 0.2) is 0 Å². The first-order chi connectivity index (χ1) is 5.13. The highest BCUT2D eigenvalue weighted by molar-refractivity contribution is 7.99.